The summed E-state index contributed by atoms with van der Waals surface area (Å²) in [6, 6.07) is 0. The molecular formula is C4H8N2. The van der Waals surface area contributed by atoms with Crippen molar-refractivity contribution in [1.29, 1.82) is 0 Å². The molecule has 34 valence electrons. The van der Waals surface area contributed by atoms with E-state index in [-0.39, 0.29) is 7.43 Å². The van der Waals surface area contributed by atoms with Gasteiger partial charge >= 0.3 is 0 Å². The molecule has 0 aliphatic carbocycles. The van der Waals surface area contributed by atoms with Crippen LogP contribution in [-0.4, -0.2) is 23.9 Å². The Morgan fingerprint density at radius 3 is 2.33 bits per heavy atom. The molecule has 2 heteroatoms. The Morgan fingerprint density at radius 2 is 2.33 bits per heavy atom. The quantitative estimate of drug-likeness (QED) is 0.385. The van der Waals surface area contributed by atoms with Gasteiger partial charge in [0.25, 0.3) is 0 Å². The third-order valence-corrected chi connectivity index (χ3v) is 1.02. The zero-order valence-corrected chi connectivity index (χ0v) is 2.81. The standard InChI is InChI=1S/C3H4N2.CH4/c1-3-4-2-5(1)3;/h1-2H2;1H4. The number of hydrogen-bond acceptors (Lipinski definition) is 2. The molecule has 1 saturated heterocycles. The highest BCUT2D eigenvalue weighted by molar-refractivity contribution is 6.00. The fraction of sp³-hybridized carbons (Fsp3) is 0.750. The molecule has 2 rings (SSSR count). The molecule has 2 aliphatic heterocycles. The smallest absolute Gasteiger partial charge is 0.123 e. The number of aliphatic imine (C=N–C) groups is 1. The molecule has 0 saturated carbocycles. The van der Waals surface area contributed by atoms with E-state index in [2.05, 4.69) is 9.89 Å². The van der Waals surface area contributed by atoms with E-state index in [1.54, 1.807) is 0 Å². The maximum Gasteiger partial charge on any atom is 0.123 e. The molecular weight excluding hydrogens is 76.1 g/mol. The van der Waals surface area contributed by atoms with Gasteiger partial charge in [-0.15, -0.1) is 0 Å². The van der Waals surface area contributed by atoms with Crippen molar-refractivity contribution in [1.82, 2.24) is 4.90 Å². The number of nitrogens with zero attached hydrogens (tertiary/aromatic N) is 2. The summed E-state index contributed by atoms with van der Waals surface area (Å²) in [7, 11) is 0. The molecule has 2 aliphatic rings. The van der Waals surface area contributed by atoms with Gasteiger partial charge < -0.3 is 4.90 Å². The normalized spacial score (nSPS) is 22.7. The highest BCUT2D eigenvalue weighted by Gasteiger charge is 2.33. The molecule has 2 nitrogen and oxygen atoms in total. The second-order valence-electron chi connectivity index (χ2n) is 1.41. The van der Waals surface area contributed by atoms with Crippen LogP contribution in [0.15, 0.2) is 4.99 Å². The molecule has 0 atom stereocenters. The third-order valence-electron chi connectivity index (χ3n) is 1.02. The Balaban J connectivity index is 0.000000180. The maximum atomic E-state index is 3.99. The van der Waals surface area contributed by atoms with E-state index in [0.717, 1.165) is 6.67 Å². The number of hydrogen-bond donors (Lipinski definition) is 0. The van der Waals surface area contributed by atoms with Gasteiger partial charge in [-0.3, -0.25) is 0 Å². The van der Waals surface area contributed by atoms with Crippen LogP contribution in [0.3, 0.4) is 0 Å². The summed E-state index contributed by atoms with van der Waals surface area (Å²) in [5.74, 6) is 1.31. The summed E-state index contributed by atoms with van der Waals surface area (Å²) in [5.41, 5.74) is 0. The van der Waals surface area contributed by atoms with Crippen molar-refractivity contribution in [3.05, 3.63) is 0 Å². The van der Waals surface area contributed by atoms with Crippen LogP contribution in [0.25, 0.3) is 0 Å². The molecule has 0 unspecified atom stereocenters. The molecule has 0 bridgehead atoms. The van der Waals surface area contributed by atoms with Crippen LogP contribution in [0.2, 0.25) is 0 Å². The molecule has 0 aromatic carbocycles. The first kappa shape index (κ1) is 3.65. The summed E-state index contributed by atoms with van der Waals surface area (Å²) < 4.78 is 0. The van der Waals surface area contributed by atoms with Crippen molar-refractivity contribution in [3.8, 4) is 0 Å². The summed E-state index contributed by atoms with van der Waals surface area (Å²) in [6.45, 7) is 2.15. The van der Waals surface area contributed by atoms with E-state index < -0.39 is 0 Å². The van der Waals surface area contributed by atoms with Crippen LogP contribution in [-0.2, 0) is 0 Å². The summed E-state index contributed by atoms with van der Waals surface area (Å²) in [6.07, 6.45) is 0. The molecule has 0 amide bonds. The van der Waals surface area contributed by atoms with Crippen LogP contribution in [0.1, 0.15) is 7.43 Å². The molecule has 0 radical (unpaired) electrons. The summed E-state index contributed by atoms with van der Waals surface area (Å²) >= 11 is 0. The predicted octanol–water partition coefficient (Wildman–Crippen LogP) is 0.308. The Hall–Kier alpha value is -0.530. The molecule has 0 aromatic heterocycles. The van der Waals surface area contributed by atoms with E-state index in [0.29, 0.717) is 0 Å². The highest BCUT2D eigenvalue weighted by Crippen LogP contribution is 2.17. The highest BCUT2D eigenvalue weighted by atomic mass is 15.5. The topological polar surface area (TPSA) is 15.4 Å². The third kappa shape index (κ3) is 0.193. The van der Waals surface area contributed by atoms with Crippen LogP contribution >= 0.6 is 0 Å². The van der Waals surface area contributed by atoms with Crippen molar-refractivity contribution >= 4 is 5.84 Å². The van der Waals surface area contributed by atoms with E-state index in [1.807, 2.05) is 0 Å². The molecule has 6 heavy (non-hydrogen) atoms. The summed E-state index contributed by atoms with van der Waals surface area (Å²) in [4.78, 5) is 6.21. The second kappa shape index (κ2) is 0.750. The largest absolute Gasteiger partial charge is 0.332 e. The van der Waals surface area contributed by atoms with Gasteiger partial charge in [0.2, 0.25) is 0 Å². The van der Waals surface area contributed by atoms with Gasteiger partial charge in [-0.25, -0.2) is 4.99 Å². The van der Waals surface area contributed by atoms with Crippen LogP contribution in [0, 0.1) is 0 Å². The Kier molecular flexibility index (Phi) is 0.457. The molecule has 0 spiro atoms. The Morgan fingerprint density at radius 1 is 1.67 bits per heavy atom. The van der Waals surface area contributed by atoms with Crippen molar-refractivity contribution in [3.63, 3.8) is 0 Å². The first-order valence-corrected chi connectivity index (χ1v) is 1.75. The average molecular weight is 84.1 g/mol. The summed E-state index contributed by atoms with van der Waals surface area (Å²) in [5, 5.41) is 0. The second-order valence-corrected chi connectivity index (χ2v) is 1.41. The zero-order valence-electron chi connectivity index (χ0n) is 2.81. The lowest BCUT2D eigenvalue weighted by Gasteiger charge is -1.98. The average Bonchev–Trinajstić information content (AvgIpc) is 1.74. The minimum Gasteiger partial charge on any atom is -0.332 e. The molecule has 0 N–H and O–H groups in total. The Bertz CT molecular complexity index is 93.7. The minimum absolute atomic E-state index is 0. The molecule has 1 fully saturated rings. The van der Waals surface area contributed by atoms with Crippen molar-refractivity contribution in [2.75, 3.05) is 13.2 Å². The fourth-order valence-electron chi connectivity index (χ4n) is 0.506. The van der Waals surface area contributed by atoms with Gasteiger partial charge in [0, 0.05) is 0 Å². The van der Waals surface area contributed by atoms with E-state index in [1.165, 1.54) is 12.4 Å². The lowest BCUT2D eigenvalue weighted by molar-refractivity contribution is 0.592. The van der Waals surface area contributed by atoms with Gasteiger partial charge in [0.15, 0.2) is 0 Å². The van der Waals surface area contributed by atoms with Gasteiger partial charge in [-0.2, -0.15) is 0 Å². The van der Waals surface area contributed by atoms with Gasteiger partial charge in [0.1, 0.15) is 12.5 Å². The minimum atomic E-state index is 0. The van der Waals surface area contributed by atoms with E-state index in [4.69, 9.17) is 0 Å². The molecule has 0 aromatic rings. The number of rotatable bonds is 0. The van der Waals surface area contributed by atoms with Gasteiger partial charge in [0.05, 0.1) is 6.54 Å². The number of amidine groups is 1. The molecule has 2 heterocycles. The van der Waals surface area contributed by atoms with E-state index in [9.17, 15) is 0 Å². The first-order valence-electron chi connectivity index (χ1n) is 1.75. The lowest BCUT2D eigenvalue weighted by Crippen LogP contribution is -2.06. The van der Waals surface area contributed by atoms with E-state index >= 15 is 0 Å². The predicted molar refractivity (Wildman–Crippen MR) is 25.7 cm³/mol. The maximum absolute atomic E-state index is 3.99. The SMILES string of the molecule is C.C1N=C2CN12. The Labute approximate surface area is 37.5 Å². The monoisotopic (exact) mass is 84.1 g/mol. The van der Waals surface area contributed by atoms with Gasteiger partial charge in [-0.05, 0) is 0 Å². The van der Waals surface area contributed by atoms with Crippen molar-refractivity contribution < 1.29 is 0 Å². The van der Waals surface area contributed by atoms with Crippen LogP contribution in [0.5, 0.6) is 0 Å². The zero-order chi connectivity index (χ0) is 3.28. The van der Waals surface area contributed by atoms with Crippen LogP contribution < -0.4 is 0 Å². The number of fused-ring (bicyclic) bond motifs is 1. The van der Waals surface area contributed by atoms with Gasteiger partial charge in [-0.1, -0.05) is 7.43 Å². The van der Waals surface area contributed by atoms with Crippen molar-refractivity contribution in [2.45, 2.75) is 7.43 Å². The lowest BCUT2D eigenvalue weighted by atomic mass is 10.8. The fourth-order valence-corrected chi connectivity index (χ4v) is 0.506. The van der Waals surface area contributed by atoms with Crippen molar-refractivity contribution in [2.24, 2.45) is 4.99 Å². The first-order chi connectivity index (χ1) is 2.47. The van der Waals surface area contributed by atoms with Crippen LogP contribution in [0.4, 0.5) is 0 Å².